The van der Waals surface area contributed by atoms with Crippen LogP contribution in [-0.2, 0) is 0 Å². The first-order valence-electron chi connectivity index (χ1n) is 5.46. The van der Waals surface area contributed by atoms with E-state index in [0.717, 1.165) is 17.7 Å². The van der Waals surface area contributed by atoms with E-state index in [1.807, 2.05) is 0 Å². The summed E-state index contributed by atoms with van der Waals surface area (Å²) in [5, 5.41) is 2.40. The molecule has 0 saturated carbocycles. The fourth-order valence-electron chi connectivity index (χ4n) is 1.56. The van der Waals surface area contributed by atoms with Crippen molar-refractivity contribution < 1.29 is 13.6 Å². The number of pyridine rings is 1. The maximum Gasteiger partial charge on any atom is 0.261 e. The first-order chi connectivity index (χ1) is 9.00. The molecule has 1 amide bonds. The predicted octanol–water partition coefficient (Wildman–Crippen LogP) is 2.50. The highest BCUT2D eigenvalue weighted by Gasteiger charge is 2.20. The standard InChI is InChI=1S/C13H11F2N3O/c1-7-4-5-17-6-10(7)18-13(19)11-8(14)2-3-9(16)12(11)15/h2-6H,16H2,1H3,(H,18,19). The number of aryl methyl sites for hydroxylation is 1. The highest BCUT2D eigenvalue weighted by atomic mass is 19.1. The number of benzene rings is 1. The van der Waals surface area contributed by atoms with E-state index in [-0.39, 0.29) is 5.69 Å². The SMILES string of the molecule is Cc1ccncc1NC(=O)c1c(F)ccc(N)c1F. The van der Waals surface area contributed by atoms with Crippen LogP contribution in [0.4, 0.5) is 20.2 Å². The molecule has 0 unspecified atom stereocenters. The molecule has 2 rings (SSSR count). The molecule has 4 nitrogen and oxygen atoms in total. The monoisotopic (exact) mass is 263 g/mol. The predicted molar refractivity (Wildman–Crippen MR) is 67.7 cm³/mol. The summed E-state index contributed by atoms with van der Waals surface area (Å²) in [4.78, 5) is 15.7. The number of carbonyl (C=O) groups excluding carboxylic acids is 1. The van der Waals surface area contributed by atoms with Gasteiger partial charge >= 0.3 is 0 Å². The van der Waals surface area contributed by atoms with Crippen LogP contribution in [0.25, 0.3) is 0 Å². The molecule has 1 aromatic heterocycles. The topological polar surface area (TPSA) is 68.0 Å². The van der Waals surface area contributed by atoms with Gasteiger partial charge in [-0.3, -0.25) is 9.78 Å². The van der Waals surface area contributed by atoms with Crippen LogP contribution in [0.1, 0.15) is 15.9 Å². The third kappa shape index (κ3) is 2.52. The number of nitrogens with one attached hydrogen (secondary N) is 1. The van der Waals surface area contributed by atoms with Gasteiger partial charge in [0.15, 0.2) is 5.82 Å². The van der Waals surface area contributed by atoms with Crippen LogP contribution in [0.3, 0.4) is 0 Å². The van der Waals surface area contributed by atoms with E-state index in [2.05, 4.69) is 10.3 Å². The van der Waals surface area contributed by atoms with Crippen LogP contribution in [-0.4, -0.2) is 10.9 Å². The zero-order valence-corrected chi connectivity index (χ0v) is 10.1. The van der Waals surface area contributed by atoms with E-state index >= 15 is 0 Å². The maximum atomic E-state index is 13.7. The second-order valence-corrected chi connectivity index (χ2v) is 3.97. The highest BCUT2D eigenvalue weighted by molar-refractivity contribution is 6.05. The van der Waals surface area contributed by atoms with E-state index in [4.69, 9.17) is 5.73 Å². The van der Waals surface area contributed by atoms with Crippen molar-refractivity contribution >= 4 is 17.3 Å². The van der Waals surface area contributed by atoms with E-state index in [9.17, 15) is 13.6 Å². The van der Waals surface area contributed by atoms with Gasteiger partial charge in [-0.25, -0.2) is 8.78 Å². The van der Waals surface area contributed by atoms with Crippen LogP contribution in [0.5, 0.6) is 0 Å². The third-order valence-corrected chi connectivity index (χ3v) is 2.64. The van der Waals surface area contributed by atoms with Crippen LogP contribution < -0.4 is 11.1 Å². The molecule has 0 spiro atoms. The van der Waals surface area contributed by atoms with Gasteiger partial charge in [-0.1, -0.05) is 0 Å². The lowest BCUT2D eigenvalue weighted by Gasteiger charge is -2.09. The number of nitrogens with zero attached hydrogens (tertiary/aromatic N) is 1. The molecule has 98 valence electrons. The largest absolute Gasteiger partial charge is 0.396 e. The summed E-state index contributed by atoms with van der Waals surface area (Å²) in [6, 6.07) is 3.68. The fraction of sp³-hybridized carbons (Fsp3) is 0.0769. The highest BCUT2D eigenvalue weighted by Crippen LogP contribution is 2.20. The molecule has 2 aromatic rings. The molecule has 1 heterocycles. The Bertz CT molecular complexity index is 644. The van der Waals surface area contributed by atoms with Crippen molar-refractivity contribution in [2.24, 2.45) is 0 Å². The second-order valence-electron chi connectivity index (χ2n) is 3.97. The second kappa shape index (κ2) is 5.01. The number of halogens is 2. The Labute approximate surface area is 108 Å². The summed E-state index contributed by atoms with van der Waals surface area (Å²) in [6.07, 6.45) is 2.95. The van der Waals surface area contributed by atoms with Crippen LogP contribution >= 0.6 is 0 Å². The summed E-state index contributed by atoms with van der Waals surface area (Å²) in [5.74, 6) is -2.94. The Morgan fingerprint density at radius 3 is 2.74 bits per heavy atom. The lowest BCUT2D eigenvalue weighted by Crippen LogP contribution is -2.17. The van der Waals surface area contributed by atoms with Crippen LogP contribution in [0.2, 0.25) is 0 Å². The first-order valence-corrected chi connectivity index (χ1v) is 5.46. The molecule has 0 atom stereocenters. The number of nitrogens with two attached hydrogens (primary N) is 1. The van der Waals surface area contributed by atoms with Gasteiger partial charge in [0.1, 0.15) is 11.4 Å². The number of aromatic nitrogens is 1. The maximum absolute atomic E-state index is 13.7. The molecule has 19 heavy (non-hydrogen) atoms. The Morgan fingerprint density at radius 2 is 2.05 bits per heavy atom. The average molecular weight is 263 g/mol. The number of rotatable bonds is 2. The van der Waals surface area contributed by atoms with Gasteiger partial charge in [0, 0.05) is 6.20 Å². The molecule has 0 aliphatic carbocycles. The van der Waals surface area contributed by atoms with Gasteiger partial charge in [-0.15, -0.1) is 0 Å². The molecule has 0 saturated heterocycles. The molecule has 0 aliphatic rings. The molecule has 3 N–H and O–H groups in total. The Kier molecular flexibility index (Phi) is 3.41. The van der Waals surface area contributed by atoms with E-state index in [1.54, 1.807) is 19.2 Å². The van der Waals surface area contributed by atoms with Crippen molar-refractivity contribution in [2.75, 3.05) is 11.1 Å². The van der Waals surface area contributed by atoms with Gasteiger partial charge in [-0.2, -0.15) is 0 Å². The number of amides is 1. The summed E-state index contributed by atoms with van der Waals surface area (Å²) in [5.41, 5.74) is 5.44. The van der Waals surface area contributed by atoms with Crippen molar-refractivity contribution in [1.82, 2.24) is 4.98 Å². The summed E-state index contributed by atoms with van der Waals surface area (Å²) < 4.78 is 27.2. The first kappa shape index (κ1) is 12.9. The average Bonchev–Trinajstić information content (AvgIpc) is 2.37. The minimum Gasteiger partial charge on any atom is -0.396 e. The zero-order valence-electron chi connectivity index (χ0n) is 10.1. The Morgan fingerprint density at radius 1 is 1.32 bits per heavy atom. The van der Waals surface area contributed by atoms with Gasteiger partial charge in [0.05, 0.1) is 17.6 Å². The third-order valence-electron chi connectivity index (χ3n) is 2.64. The molecular formula is C13H11F2N3O. The van der Waals surface area contributed by atoms with Crippen LogP contribution in [0.15, 0.2) is 30.6 Å². The lowest BCUT2D eigenvalue weighted by atomic mass is 10.1. The van der Waals surface area contributed by atoms with Gasteiger partial charge in [0.25, 0.3) is 5.91 Å². The van der Waals surface area contributed by atoms with Crippen molar-refractivity contribution in [3.05, 3.63) is 53.4 Å². The molecule has 1 aromatic carbocycles. The zero-order chi connectivity index (χ0) is 14.0. The fourth-order valence-corrected chi connectivity index (χ4v) is 1.56. The minimum absolute atomic E-state index is 0.283. The number of nitrogen functional groups attached to an aromatic ring is 1. The molecule has 0 aliphatic heterocycles. The molecular weight excluding hydrogens is 252 g/mol. The molecule has 0 radical (unpaired) electrons. The van der Waals surface area contributed by atoms with Crippen molar-refractivity contribution in [3.8, 4) is 0 Å². The summed E-state index contributed by atoms with van der Waals surface area (Å²) >= 11 is 0. The van der Waals surface area contributed by atoms with Gasteiger partial charge in [-0.05, 0) is 30.7 Å². The lowest BCUT2D eigenvalue weighted by molar-refractivity contribution is 0.101. The summed E-state index contributed by atoms with van der Waals surface area (Å²) in [7, 11) is 0. The Hall–Kier alpha value is -2.50. The minimum atomic E-state index is -1.07. The van der Waals surface area contributed by atoms with Gasteiger partial charge in [0.2, 0.25) is 0 Å². The number of hydrogen-bond acceptors (Lipinski definition) is 3. The smallest absolute Gasteiger partial charge is 0.261 e. The molecule has 0 fully saturated rings. The quantitative estimate of drug-likeness (QED) is 0.818. The van der Waals surface area contributed by atoms with Crippen molar-refractivity contribution in [3.63, 3.8) is 0 Å². The van der Waals surface area contributed by atoms with E-state index < -0.39 is 23.1 Å². The number of hydrogen-bond donors (Lipinski definition) is 2. The molecule has 0 bridgehead atoms. The van der Waals surface area contributed by atoms with Gasteiger partial charge < -0.3 is 11.1 Å². The number of carbonyl (C=O) groups is 1. The summed E-state index contributed by atoms with van der Waals surface area (Å²) in [6.45, 7) is 1.74. The number of anilines is 2. The van der Waals surface area contributed by atoms with Crippen LogP contribution in [0, 0.1) is 18.6 Å². The normalized spacial score (nSPS) is 10.3. The van der Waals surface area contributed by atoms with Crippen molar-refractivity contribution in [2.45, 2.75) is 6.92 Å². The Balaban J connectivity index is 2.36. The van der Waals surface area contributed by atoms with E-state index in [1.165, 1.54) is 6.20 Å². The molecule has 6 heteroatoms. The van der Waals surface area contributed by atoms with Crippen molar-refractivity contribution in [1.29, 1.82) is 0 Å². The van der Waals surface area contributed by atoms with E-state index in [0.29, 0.717) is 5.69 Å².